The van der Waals surface area contributed by atoms with Crippen molar-refractivity contribution in [3.8, 4) is 34.1 Å². The number of fused-ring (bicyclic) bond motifs is 1. The van der Waals surface area contributed by atoms with Crippen molar-refractivity contribution in [3.63, 3.8) is 0 Å². The van der Waals surface area contributed by atoms with Crippen LogP contribution in [-0.4, -0.2) is 20.2 Å². The van der Waals surface area contributed by atoms with Gasteiger partial charge in [-0.15, -0.1) is 0 Å². The van der Waals surface area contributed by atoms with Crippen molar-refractivity contribution in [1.82, 2.24) is 9.97 Å². The first-order valence-corrected chi connectivity index (χ1v) is 7.57. The van der Waals surface area contributed by atoms with Crippen LogP contribution in [0.4, 0.5) is 0 Å². The molecule has 4 rings (SSSR count). The minimum atomic E-state index is -0.0159. The number of hydrogen-bond donors (Lipinski definition) is 2. The predicted molar refractivity (Wildman–Crippen MR) is 93.7 cm³/mol. The highest BCUT2D eigenvalue weighted by molar-refractivity contribution is 5.96. The maximum Gasteiger partial charge on any atom is 0.160 e. The van der Waals surface area contributed by atoms with E-state index in [2.05, 4.69) is 9.97 Å². The second kappa shape index (κ2) is 5.66. The van der Waals surface area contributed by atoms with Gasteiger partial charge < -0.3 is 10.2 Å². The highest BCUT2D eigenvalue weighted by Crippen LogP contribution is 2.39. The molecule has 116 valence electrons. The molecule has 0 aliphatic heterocycles. The topological polar surface area (TPSA) is 66.2 Å². The quantitative estimate of drug-likeness (QED) is 0.576. The minimum Gasteiger partial charge on any atom is -0.507 e. The van der Waals surface area contributed by atoms with Gasteiger partial charge in [-0.2, -0.15) is 0 Å². The number of benzene rings is 3. The molecule has 0 radical (unpaired) electrons. The van der Waals surface area contributed by atoms with Crippen molar-refractivity contribution >= 4 is 10.9 Å². The molecule has 0 aliphatic rings. The summed E-state index contributed by atoms with van der Waals surface area (Å²) in [5.41, 5.74) is 2.45. The Bertz CT molecular complexity index is 1010. The first-order valence-electron chi connectivity index (χ1n) is 7.57. The van der Waals surface area contributed by atoms with Gasteiger partial charge in [0.1, 0.15) is 11.5 Å². The average molecular weight is 314 g/mol. The summed E-state index contributed by atoms with van der Waals surface area (Å²) in [6.45, 7) is 0. The molecule has 0 unspecified atom stereocenters. The van der Waals surface area contributed by atoms with Gasteiger partial charge in [-0.05, 0) is 18.2 Å². The molecule has 4 heteroatoms. The number of rotatable bonds is 2. The number of hydrogen-bond acceptors (Lipinski definition) is 4. The largest absolute Gasteiger partial charge is 0.507 e. The number of para-hydroxylation sites is 1. The normalized spacial score (nSPS) is 10.8. The lowest BCUT2D eigenvalue weighted by Gasteiger charge is -2.11. The van der Waals surface area contributed by atoms with Crippen molar-refractivity contribution in [2.45, 2.75) is 0 Å². The number of aromatic nitrogens is 2. The van der Waals surface area contributed by atoms with Crippen LogP contribution in [0.5, 0.6) is 11.5 Å². The molecular formula is C20H14N2O2. The molecule has 0 amide bonds. The lowest BCUT2D eigenvalue weighted by Crippen LogP contribution is -1.95. The van der Waals surface area contributed by atoms with E-state index in [1.165, 1.54) is 12.1 Å². The van der Waals surface area contributed by atoms with Crippen molar-refractivity contribution in [1.29, 1.82) is 0 Å². The van der Waals surface area contributed by atoms with Gasteiger partial charge in [0.2, 0.25) is 0 Å². The fourth-order valence-corrected chi connectivity index (χ4v) is 2.75. The van der Waals surface area contributed by atoms with Gasteiger partial charge in [0, 0.05) is 10.9 Å². The SMILES string of the molecule is Oc1cccc(O)c1-c1nc(-c2ccccc2)nc2ccccc12. The van der Waals surface area contributed by atoms with Crippen molar-refractivity contribution < 1.29 is 10.2 Å². The number of nitrogens with zero attached hydrogens (tertiary/aromatic N) is 2. The molecule has 24 heavy (non-hydrogen) atoms. The zero-order chi connectivity index (χ0) is 16.5. The molecule has 4 nitrogen and oxygen atoms in total. The van der Waals surface area contributed by atoms with Gasteiger partial charge in [0.15, 0.2) is 5.82 Å². The molecule has 2 N–H and O–H groups in total. The zero-order valence-electron chi connectivity index (χ0n) is 12.7. The van der Waals surface area contributed by atoms with Gasteiger partial charge in [-0.25, -0.2) is 9.97 Å². The zero-order valence-corrected chi connectivity index (χ0v) is 12.7. The van der Waals surface area contributed by atoms with Crippen molar-refractivity contribution in [3.05, 3.63) is 72.8 Å². The second-order valence-corrected chi connectivity index (χ2v) is 5.45. The molecule has 0 bridgehead atoms. The van der Waals surface area contributed by atoms with E-state index in [0.717, 1.165) is 16.5 Å². The Morgan fingerprint density at radius 1 is 0.625 bits per heavy atom. The number of phenolic OH excluding ortho intramolecular Hbond substituents is 2. The van der Waals surface area contributed by atoms with Crippen LogP contribution in [0.25, 0.3) is 33.5 Å². The molecule has 4 aromatic rings. The smallest absolute Gasteiger partial charge is 0.160 e. The highest BCUT2D eigenvalue weighted by atomic mass is 16.3. The molecule has 0 saturated heterocycles. The van der Waals surface area contributed by atoms with E-state index in [1.54, 1.807) is 6.07 Å². The third-order valence-electron chi connectivity index (χ3n) is 3.89. The van der Waals surface area contributed by atoms with Gasteiger partial charge in [-0.3, -0.25) is 0 Å². The summed E-state index contributed by atoms with van der Waals surface area (Å²) in [7, 11) is 0. The third kappa shape index (κ3) is 2.34. The van der Waals surface area contributed by atoms with Crippen molar-refractivity contribution in [2.24, 2.45) is 0 Å². The van der Waals surface area contributed by atoms with Gasteiger partial charge in [0.25, 0.3) is 0 Å². The Morgan fingerprint density at radius 2 is 1.29 bits per heavy atom. The molecule has 0 fully saturated rings. The molecular weight excluding hydrogens is 300 g/mol. The monoisotopic (exact) mass is 314 g/mol. The second-order valence-electron chi connectivity index (χ2n) is 5.45. The summed E-state index contributed by atoms with van der Waals surface area (Å²) in [6.07, 6.45) is 0. The fraction of sp³-hybridized carbons (Fsp3) is 0. The lowest BCUT2D eigenvalue weighted by molar-refractivity contribution is 0.454. The van der Waals surface area contributed by atoms with Crippen LogP contribution in [0.15, 0.2) is 72.8 Å². The van der Waals surface area contributed by atoms with E-state index in [4.69, 9.17) is 0 Å². The Labute approximate surface area is 138 Å². The van der Waals surface area contributed by atoms with Gasteiger partial charge in [-0.1, -0.05) is 54.6 Å². The highest BCUT2D eigenvalue weighted by Gasteiger charge is 2.17. The van der Waals surface area contributed by atoms with Crippen LogP contribution in [0.2, 0.25) is 0 Å². The van der Waals surface area contributed by atoms with E-state index in [1.807, 2.05) is 54.6 Å². The lowest BCUT2D eigenvalue weighted by atomic mass is 10.0. The van der Waals surface area contributed by atoms with E-state index in [-0.39, 0.29) is 11.5 Å². The Kier molecular flexibility index (Phi) is 3.35. The van der Waals surface area contributed by atoms with Crippen LogP contribution >= 0.6 is 0 Å². The van der Waals surface area contributed by atoms with E-state index in [0.29, 0.717) is 17.1 Å². The molecule has 3 aromatic carbocycles. The van der Waals surface area contributed by atoms with Crippen LogP contribution in [0.1, 0.15) is 0 Å². The summed E-state index contributed by atoms with van der Waals surface area (Å²) in [6, 6.07) is 21.9. The Hall–Kier alpha value is -3.40. The van der Waals surface area contributed by atoms with E-state index in [9.17, 15) is 10.2 Å². The molecule has 0 saturated carbocycles. The molecule has 1 aromatic heterocycles. The molecule has 0 spiro atoms. The standard InChI is InChI=1S/C20H14N2O2/c23-16-11-6-12-17(24)18(16)19-14-9-4-5-10-15(14)21-20(22-19)13-7-2-1-3-8-13/h1-12,23-24H. The molecule has 0 atom stereocenters. The maximum absolute atomic E-state index is 10.2. The minimum absolute atomic E-state index is 0.0159. The maximum atomic E-state index is 10.2. The van der Waals surface area contributed by atoms with Crippen LogP contribution in [0, 0.1) is 0 Å². The van der Waals surface area contributed by atoms with Crippen LogP contribution < -0.4 is 0 Å². The molecule has 1 heterocycles. The van der Waals surface area contributed by atoms with E-state index < -0.39 is 0 Å². The van der Waals surface area contributed by atoms with Gasteiger partial charge >= 0.3 is 0 Å². The van der Waals surface area contributed by atoms with Gasteiger partial charge in [0.05, 0.1) is 16.8 Å². The van der Waals surface area contributed by atoms with Crippen molar-refractivity contribution in [2.75, 3.05) is 0 Å². The summed E-state index contributed by atoms with van der Waals surface area (Å²) < 4.78 is 0. The van der Waals surface area contributed by atoms with Crippen LogP contribution in [-0.2, 0) is 0 Å². The fourth-order valence-electron chi connectivity index (χ4n) is 2.75. The van der Waals surface area contributed by atoms with Crippen LogP contribution in [0.3, 0.4) is 0 Å². The Balaban J connectivity index is 2.07. The summed E-state index contributed by atoms with van der Waals surface area (Å²) >= 11 is 0. The molecule has 0 aliphatic carbocycles. The number of aromatic hydroxyl groups is 2. The average Bonchev–Trinajstić information content (AvgIpc) is 2.62. The van der Waals surface area contributed by atoms with E-state index >= 15 is 0 Å². The summed E-state index contributed by atoms with van der Waals surface area (Å²) in [5.74, 6) is 0.516. The summed E-state index contributed by atoms with van der Waals surface area (Å²) in [5, 5.41) is 21.3. The first-order chi connectivity index (χ1) is 11.7. The summed E-state index contributed by atoms with van der Waals surface area (Å²) in [4.78, 5) is 9.25. The predicted octanol–water partition coefficient (Wildman–Crippen LogP) is 4.38. The number of phenols is 2. The third-order valence-corrected chi connectivity index (χ3v) is 3.89. The first kappa shape index (κ1) is 14.2. The Morgan fingerprint density at radius 3 is 2.04 bits per heavy atom.